The average Bonchev–Trinajstić information content (AvgIpc) is 2.38. The SMILES string of the molecule is SCc1ccc(C#Cc2cc[c]cc2)cc1. The smallest absolute Gasteiger partial charge is 0.0249 e. The minimum Gasteiger partial charge on any atom is -0.175 e. The van der Waals surface area contributed by atoms with E-state index in [1.54, 1.807) is 0 Å². The number of thiol groups is 1. The van der Waals surface area contributed by atoms with E-state index >= 15 is 0 Å². The normalized spacial score (nSPS) is 9.31. The van der Waals surface area contributed by atoms with Crippen molar-refractivity contribution in [2.75, 3.05) is 0 Å². The third-order valence-corrected chi connectivity index (χ3v) is 2.57. The molecule has 2 aromatic rings. The van der Waals surface area contributed by atoms with Crippen molar-refractivity contribution in [3.8, 4) is 11.8 Å². The third kappa shape index (κ3) is 2.92. The molecule has 0 atom stereocenters. The van der Waals surface area contributed by atoms with Crippen LogP contribution >= 0.6 is 12.6 Å². The second kappa shape index (κ2) is 5.44. The van der Waals surface area contributed by atoms with Gasteiger partial charge in [0, 0.05) is 16.9 Å². The first-order valence-electron chi connectivity index (χ1n) is 5.06. The Morgan fingerprint density at radius 3 is 2.00 bits per heavy atom. The van der Waals surface area contributed by atoms with Crippen LogP contribution in [0.4, 0.5) is 0 Å². The van der Waals surface area contributed by atoms with Crippen molar-refractivity contribution in [1.29, 1.82) is 0 Å². The highest BCUT2D eigenvalue weighted by molar-refractivity contribution is 7.79. The van der Waals surface area contributed by atoms with Crippen LogP contribution in [0.1, 0.15) is 16.7 Å². The van der Waals surface area contributed by atoms with Crippen LogP contribution in [0.5, 0.6) is 0 Å². The summed E-state index contributed by atoms with van der Waals surface area (Å²) in [7, 11) is 0. The quantitative estimate of drug-likeness (QED) is 0.556. The van der Waals surface area contributed by atoms with Gasteiger partial charge in [0.2, 0.25) is 0 Å². The molecule has 16 heavy (non-hydrogen) atoms. The van der Waals surface area contributed by atoms with Gasteiger partial charge in [0.05, 0.1) is 0 Å². The molecule has 0 amide bonds. The molecule has 0 aliphatic carbocycles. The molecule has 1 heteroatoms. The van der Waals surface area contributed by atoms with Crippen molar-refractivity contribution in [3.63, 3.8) is 0 Å². The molecule has 0 saturated carbocycles. The Labute approximate surface area is 102 Å². The Morgan fingerprint density at radius 2 is 1.44 bits per heavy atom. The summed E-state index contributed by atoms with van der Waals surface area (Å²) in [6.45, 7) is 0. The van der Waals surface area contributed by atoms with Crippen LogP contribution in [-0.2, 0) is 5.75 Å². The predicted octanol–water partition coefficient (Wildman–Crippen LogP) is 3.32. The van der Waals surface area contributed by atoms with Gasteiger partial charge in [0.1, 0.15) is 0 Å². The number of rotatable bonds is 1. The number of hydrogen-bond acceptors (Lipinski definition) is 1. The molecule has 0 fully saturated rings. The highest BCUT2D eigenvalue weighted by Gasteiger charge is 1.89. The summed E-state index contributed by atoms with van der Waals surface area (Å²) in [5, 5.41) is 0. The summed E-state index contributed by atoms with van der Waals surface area (Å²) >= 11 is 4.21. The molecule has 0 aliphatic rings. The van der Waals surface area contributed by atoms with Gasteiger partial charge in [0.25, 0.3) is 0 Å². The summed E-state index contributed by atoms with van der Waals surface area (Å²) in [5.74, 6) is 7.00. The first kappa shape index (κ1) is 10.9. The van der Waals surface area contributed by atoms with E-state index in [1.165, 1.54) is 5.56 Å². The highest BCUT2D eigenvalue weighted by atomic mass is 32.1. The van der Waals surface area contributed by atoms with Gasteiger partial charge in [-0.05, 0) is 35.9 Å². The fourth-order valence-corrected chi connectivity index (χ4v) is 1.52. The fourth-order valence-electron chi connectivity index (χ4n) is 1.31. The second-order valence-corrected chi connectivity index (χ2v) is 3.71. The predicted molar refractivity (Wildman–Crippen MR) is 70.4 cm³/mol. The van der Waals surface area contributed by atoms with Gasteiger partial charge in [-0.25, -0.2) is 0 Å². The van der Waals surface area contributed by atoms with Crippen molar-refractivity contribution in [3.05, 3.63) is 71.3 Å². The Morgan fingerprint density at radius 1 is 0.875 bits per heavy atom. The lowest BCUT2D eigenvalue weighted by molar-refractivity contribution is 1.42. The lowest BCUT2D eigenvalue weighted by Crippen LogP contribution is -1.79. The van der Waals surface area contributed by atoms with Gasteiger partial charge >= 0.3 is 0 Å². The van der Waals surface area contributed by atoms with Crippen LogP contribution in [0.25, 0.3) is 0 Å². The molecule has 0 heterocycles. The Hall–Kier alpha value is -1.65. The zero-order chi connectivity index (χ0) is 11.2. The van der Waals surface area contributed by atoms with Crippen molar-refractivity contribution >= 4 is 12.6 Å². The lowest BCUT2D eigenvalue weighted by atomic mass is 10.1. The Bertz CT molecular complexity index is 501. The first-order valence-corrected chi connectivity index (χ1v) is 5.69. The minimum absolute atomic E-state index is 0.766. The van der Waals surface area contributed by atoms with Crippen molar-refractivity contribution in [1.82, 2.24) is 0 Å². The monoisotopic (exact) mass is 223 g/mol. The number of benzene rings is 2. The van der Waals surface area contributed by atoms with Crippen molar-refractivity contribution in [2.45, 2.75) is 5.75 Å². The molecule has 0 N–H and O–H groups in total. The van der Waals surface area contributed by atoms with Crippen LogP contribution in [0.15, 0.2) is 48.5 Å². The van der Waals surface area contributed by atoms with Crippen LogP contribution in [0.2, 0.25) is 0 Å². The summed E-state index contributed by atoms with van der Waals surface area (Å²) in [4.78, 5) is 0. The fraction of sp³-hybridized carbons (Fsp3) is 0.0667. The maximum atomic E-state index is 4.21. The highest BCUT2D eigenvalue weighted by Crippen LogP contribution is 2.05. The van der Waals surface area contributed by atoms with E-state index in [9.17, 15) is 0 Å². The molecular formula is C15H11S. The van der Waals surface area contributed by atoms with E-state index in [2.05, 4.69) is 42.7 Å². The topological polar surface area (TPSA) is 0 Å². The molecule has 0 bridgehead atoms. The van der Waals surface area contributed by atoms with Gasteiger partial charge in [0.15, 0.2) is 0 Å². The maximum absolute atomic E-state index is 4.21. The summed E-state index contributed by atoms with van der Waals surface area (Å²) in [6.07, 6.45) is 0. The zero-order valence-corrected chi connectivity index (χ0v) is 9.67. The van der Waals surface area contributed by atoms with Crippen LogP contribution < -0.4 is 0 Å². The molecule has 1 radical (unpaired) electrons. The van der Waals surface area contributed by atoms with E-state index in [0.717, 1.165) is 16.9 Å². The van der Waals surface area contributed by atoms with E-state index < -0.39 is 0 Å². The van der Waals surface area contributed by atoms with Crippen LogP contribution in [-0.4, -0.2) is 0 Å². The van der Waals surface area contributed by atoms with E-state index in [0.29, 0.717) is 0 Å². The van der Waals surface area contributed by atoms with Crippen molar-refractivity contribution < 1.29 is 0 Å². The molecular weight excluding hydrogens is 212 g/mol. The van der Waals surface area contributed by atoms with Gasteiger partial charge in [-0.3, -0.25) is 0 Å². The van der Waals surface area contributed by atoms with E-state index in [4.69, 9.17) is 0 Å². The third-order valence-electron chi connectivity index (χ3n) is 2.21. The Kier molecular flexibility index (Phi) is 3.69. The first-order chi connectivity index (χ1) is 7.88. The second-order valence-electron chi connectivity index (χ2n) is 3.39. The standard InChI is InChI=1S/C15H11S/c16-12-15-10-8-14(9-11-15)7-6-13-4-2-1-3-5-13/h2-5,8-11,16H,12H2. The summed E-state index contributed by atoms with van der Waals surface area (Å²) in [6, 6.07) is 18.8. The minimum atomic E-state index is 0.766. The van der Waals surface area contributed by atoms with Gasteiger partial charge in [-0.1, -0.05) is 36.1 Å². The van der Waals surface area contributed by atoms with Gasteiger partial charge < -0.3 is 0 Å². The molecule has 0 unspecified atom stereocenters. The van der Waals surface area contributed by atoms with Gasteiger partial charge in [-0.15, -0.1) is 0 Å². The molecule has 0 aliphatic heterocycles. The Balaban J connectivity index is 2.18. The van der Waals surface area contributed by atoms with Gasteiger partial charge in [-0.2, -0.15) is 12.6 Å². The molecule has 2 aromatic carbocycles. The molecule has 2 rings (SSSR count). The summed E-state index contributed by atoms with van der Waals surface area (Å²) in [5.41, 5.74) is 3.25. The van der Waals surface area contributed by atoms with Crippen LogP contribution in [0.3, 0.4) is 0 Å². The molecule has 0 spiro atoms. The molecule has 0 saturated heterocycles. The average molecular weight is 223 g/mol. The largest absolute Gasteiger partial charge is 0.175 e. The molecule has 0 aromatic heterocycles. The van der Waals surface area contributed by atoms with Crippen LogP contribution in [0, 0.1) is 17.9 Å². The van der Waals surface area contributed by atoms with E-state index in [-0.39, 0.29) is 0 Å². The summed E-state index contributed by atoms with van der Waals surface area (Å²) < 4.78 is 0. The maximum Gasteiger partial charge on any atom is 0.0249 e. The molecule has 77 valence electrons. The zero-order valence-electron chi connectivity index (χ0n) is 8.77. The van der Waals surface area contributed by atoms with Crippen molar-refractivity contribution in [2.24, 2.45) is 0 Å². The molecule has 0 nitrogen and oxygen atoms in total. The number of hydrogen-bond donors (Lipinski definition) is 1. The van der Waals surface area contributed by atoms with E-state index in [1.807, 2.05) is 36.4 Å². The lowest BCUT2D eigenvalue weighted by Gasteiger charge is -1.94.